The highest BCUT2D eigenvalue weighted by Gasteiger charge is 2.58. The smallest absolute Gasteiger partial charge is 0.270 e. The molecule has 2 saturated carbocycles. The number of halogens is 2. The molecule has 0 saturated heterocycles. The van der Waals surface area contributed by atoms with Crippen LogP contribution in [0.2, 0.25) is 5.02 Å². The molecule has 2 bridgehead atoms. The van der Waals surface area contributed by atoms with Gasteiger partial charge in [-0.25, -0.2) is 17.5 Å². The van der Waals surface area contributed by atoms with Crippen molar-refractivity contribution < 1.29 is 37.0 Å². The molecule has 13 heteroatoms. The fourth-order valence-electron chi connectivity index (χ4n) is 8.26. The van der Waals surface area contributed by atoms with Crippen LogP contribution in [-0.2, 0) is 41.8 Å². The zero-order valence-electron chi connectivity index (χ0n) is 28.5. The Labute approximate surface area is 298 Å². The van der Waals surface area contributed by atoms with Crippen LogP contribution < -0.4 is 14.4 Å². The molecule has 5 aliphatic rings. The molecule has 2 amide bonds. The van der Waals surface area contributed by atoms with Gasteiger partial charge in [0.15, 0.2) is 5.60 Å². The second-order valence-electron chi connectivity index (χ2n) is 14.9. The van der Waals surface area contributed by atoms with Gasteiger partial charge in [0.05, 0.1) is 24.8 Å². The minimum atomic E-state index is -4.77. The van der Waals surface area contributed by atoms with Gasteiger partial charge in [0.25, 0.3) is 15.9 Å². The molecule has 2 aromatic carbocycles. The van der Waals surface area contributed by atoms with Gasteiger partial charge < -0.3 is 24.4 Å². The van der Waals surface area contributed by atoms with Gasteiger partial charge in [-0.05, 0) is 91.3 Å². The normalized spacial score (nSPS) is 31.4. The monoisotopic (exact) mass is 729 g/mol. The molecular weight excluding hydrogens is 685 g/mol. The Balaban J connectivity index is 1.34. The van der Waals surface area contributed by atoms with Crippen LogP contribution >= 0.6 is 11.6 Å². The van der Waals surface area contributed by atoms with Crippen molar-refractivity contribution in [2.24, 2.45) is 11.8 Å². The molecule has 2 N–H and O–H groups in total. The predicted molar refractivity (Wildman–Crippen MR) is 187 cm³/mol. The number of anilines is 1. The van der Waals surface area contributed by atoms with Crippen LogP contribution in [-0.4, -0.2) is 81.7 Å². The number of amides is 2. The molecule has 50 heavy (non-hydrogen) atoms. The van der Waals surface area contributed by atoms with E-state index in [1.54, 1.807) is 31.0 Å². The van der Waals surface area contributed by atoms with Gasteiger partial charge in [0.1, 0.15) is 5.75 Å². The number of aryl methyl sites for hydroxylation is 1. The summed E-state index contributed by atoms with van der Waals surface area (Å²) in [5.74, 6) is -0.874. The number of hydrogen-bond acceptors (Lipinski definition) is 8. The van der Waals surface area contributed by atoms with Crippen molar-refractivity contribution in [2.45, 2.75) is 79.9 Å². The number of methoxy groups -OCH3 is 1. The van der Waals surface area contributed by atoms with Crippen molar-refractivity contribution >= 4 is 39.1 Å². The second-order valence-corrected chi connectivity index (χ2v) is 17.3. The summed E-state index contributed by atoms with van der Waals surface area (Å²) in [6.07, 6.45) is 7.95. The van der Waals surface area contributed by atoms with Crippen LogP contribution in [0.25, 0.3) is 0 Å². The van der Waals surface area contributed by atoms with Crippen molar-refractivity contribution in [3.05, 3.63) is 70.3 Å². The van der Waals surface area contributed by atoms with E-state index in [1.807, 2.05) is 18.2 Å². The molecule has 3 aliphatic carbocycles. The minimum absolute atomic E-state index is 0.0155. The molecule has 270 valence electrons. The lowest BCUT2D eigenvalue weighted by Crippen LogP contribution is -2.51. The zero-order valence-corrected chi connectivity index (χ0v) is 30.1. The van der Waals surface area contributed by atoms with E-state index in [9.17, 15) is 27.5 Å². The fraction of sp³-hybridized carbons (Fsp3) is 0.568. The number of nitrogens with one attached hydrogen (secondary N) is 1. The highest BCUT2D eigenvalue weighted by Crippen LogP contribution is 2.48. The molecule has 5 atom stereocenters. The number of hydrogen-bond donors (Lipinski definition) is 2. The molecule has 2 heterocycles. The molecular formula is C37H45ClFN3O7S. The average molecular weight is 730 g/mol. The number of sulfonamides is 1. The Bertz CT molecular complexity index is 1820. The third kappa shape index (κ3) is 6.30. The van der Waals surface area contributed by atoms with Crippen LogP contribution in [0.1, 0.15) is 68.1 Å². The molecule has 0 unspecified atom stereocenters. The van der Waals surface area contributed by atoms with E-state index >= 15 is 0 Å². The lowest BCUT2D eigenvalue weighted by atomic mass is 9.68. The third-order valence-electron chi connectivity index (χ3n) is 11.7. The molecule has 1 spiro atoms. The minimum Gasteiger partial charge on any atom is -0.490 e. The Morgan fingerprint density at radius 1 is 1.16 bits per heavy atom. The third-order valence-corrected chi connectivity index (χ3v) is 13.7. The highest BCUT2D eigenvalue weighted by molar-refractivity contribution is 7.91. The number of alkyl halides is 1. The zero-order chi connectivity index (χ0) is 35.5. The number of ether oxygens (including phenoxy) is 2. The lowest BCUT2D eigenvalue weighted by molar-refractivity contribution is -0.148. The van der Waals surface area contributed by atoms with E-state index < -0.39 is 38.9 Å². The van der Waals surface area contributed by atoms with E-state index in [1.165, 1.54) is 22.1 Å². The fourth-order valence-corrected chi connectivity index (χ4v) is 9.69. The van der Waals surface area contributed by atoms with Gasteiger partial charge >= 0.3 is 0 Å². The first-order valence-electron chi connectivity index (χ1n) is 17.5. The number of rotatable bonds is 4. The Kier molecular flexibility index (Phi) is 9.23. The summed E-state index contributed by atoms with van der Waals surface area (Å²) in [4.78, 5) is 31.1. The summed E-state index contributed by atoms with van der Waals surface area (Å²) in [5, 5.41) is 10.3. The molecule has 10 nitrogen and oxygen atoms in total. The molecule has 2 fully saturated rings. The summed E-state index contributed by atoms with van der Waals surface area (Å²) in [6, 6.07) is 10.8. The van der Waals surface area contributed by atoms with Gasteiger partial charge in [-0.15, -0.1) is 0 Å². The van der Waals surface area contributed by atoms with E-state index in [2.05, 4.69) is 17.0 Å². The Morgan fingerprint density at radius 2 is 1.96 bits per heavy atom. The highest BCUT2D eigenvalue weighted by atomic mass is 35.5. The standard InChI is InChI=1S/C37H45ClFN3O7S/c1-41-17-4-3-7-31(48-2)28-11-8-25(28)21-42-22-35(14-5-6-24-18-27(38)10-12-29(24)35)23-49-32-13-9-26(19-30(32)42)37(45,20-33(41)43)34(44)40-50(46,47)36(39)15-16-36/h3,7,9-10,12-13,18-19,25,28,31,45H,4-6,8,11,14-17,20-23H2,1-2H3,(H,40,44)/b7-3-/t25-,28+,31-,35-,37+/m0/s1. The number of carbonyl (C=O) groups is 2. The van der Waals surface area contributed by atoms with Crippen molar-refractivity contribution in [1.29, 1.82) is 0 Å². The van der Waals surface area contributed by atoms with Gasteiger partial charge in [-0.1, -0.05) is 35.9 Å². The predicted octanol–water partition coefficient (Wildman–Crippen LogP) is 4.76. The SMILES string of the molecule is CO[C@H]1/C=C\CCN(C)C(=O)C[C@](O)(C(=O)NS(=O)(=O)C2(F)CC2)c2ccc3c(c2)N(C[C@@H]2CC[C@H]21)C[C@@]1(CCCc2cc(Cl)ccc21)CO3. The molecule has 0 aromatic heterocycles. The Hall–Kier alpha value is -3.19. The van der Waals surface area contributed by atoms with Crippen molar-refractivity contribution in [1.82, 2.24) is 9.62 Å². The topological polar surface area (TPSA) is 125 Å². The first kappa shape index (κ1) is 35.2. The number of fused-ring (bicyclic) bond motifs is 4. The summed E-state index contributed by atoms with van der Waals surface area (Å²) in [6.45, 7) is 1.92. The maximum Gasteiger partial charge on any atom is 0.270 e. The average Bonchev–Trinajstić information content (AvgIpc) is 3.86. The summed E-state index contributed by atoms with van der Waals surface area (Å²) >= 11 is 6.43. The van der Waals surface area contributed by atoms with Gasteiger partial charge in [-0.2, -0.15) is 0 Å². The van der Waals surface area contributed by atoms with Crippen LogP contribution in [0.3, 0.4) is 0 Å². The second kappa shape index (κ2) is 13.1. The summed E-state index contributed by atoms with van der Waals surface area (Å²) in [7, 11) is -1.48. The molecule has 0 radical (unpaired) electrons. The maximum atomic E-state index is 14.8. The number of nitrogens with zero attached hydrogens (tertiary/aromatic N) is 2. The van der Waals surface area contributed by atoms with E-state index in [-0.39, 0.29) is 41.8 Å². The Morgan fingerprint density at radius 3 is 2.68 bits per heavy atom. The van der Waals surface area contributed by atoms with Crippen LogP contribution in [0.5, 0.6) is 5.75 Å². The van der Waals surface area contributed by atoms with Crippen LogP contribution in [0, 0.1) is 11.8 Å². The number of carbonyl (C=O) groups excluding carboxylic acids is 2. The first-order valence-corrected chi connectivity index (χ1v) is 19.4. The maximum absolute atomic E-state index is 14.8. The molecule has 2 aromatic rings. The summed E-state index contributed by atoms with van der Waals surface area (Å²) < 4.78 is 54.9. The summed E-state index contributed by atoms with van der Waals surface area (Å²) in [5.41, 5.74) is 0.0126. The van der Waals surface area contributed by atoms with Crippen molar-refractivity contribution in [2.75, 3.05) is 45.3 Å². The number of aliphatic hydroxyl groups is 1. The number of benzene rings is 2. The van der Waals surface area contributed by atoms with Crippen LogP contribution in [0.15, 0.2) is 48.6 Å². The largest absolute Gasteiger partial charge is 0.490 e. The first-order chi connectivity index (χ1) is 23.8. The van der Waals surface area contributed by atoms with Crippen molar-refractivity contribution in [3.63, 3.8) is 0 Å². The van der Waals surface area contributed by atoms with Crippen molar-refractivity contribution in [3.8, 4) is 5.75 Å². The molecule has 7 rings (SSSR count). The van der Waals surface area contributed by atoms with E-state index in [0.717, 1.165) is 32.1 Å². The molecule has 2 aliphatic heterocycles. The van der Waals surface area contributed by atoms with Gasteiger partial charge in [-0.3, -0.25) is 9.59 Å². The van der Waals surface area contributed by atoms with E-state index in [4.69, 9.17) is 21.1 Å². The van der Waals surface area contributed by atoms with Gasteiger partial charge in [0.2, 0.25) is 10.9 Å². The van der Waals surface area contributed by atoms with E-state index in [0.29, 0.717) is 49.1 Å². The lowest BCUT2D eigenvalue weighted by Gasteiger charge is -2.46. The van der Waals surface area contributed by atoms with Gasteiger partial charge in [0, 0.05) is 57.1 Å². The van der Waals surface area contributed by atoms with Crippen LogP contribution in [0.4, 0.5) is 10.1 Å². The quantitative estimate of drug-likeness (QED) is 0.432.